The highest BCUT2D eigenvalue weighted by Gasteiger charge is 2.27. The third-order valence-electron chi connectivity index (χ3n) is 6.03. The van der Waals surface area contributed by atoms with Gasteiger partial charge in [0, 0.05) is 35.9 Å². The molecule has 0 spiro atoms. The van der Waals surface area contributed by atoms with Crippen molar-refractivity contribution in [1.82, 2.24) is 15.0 Å². The first-order chi connectivity index (χ1) is 14.2. The molecule has 0 bridgehead atoms. The smallest absolute Gasteiger partial charge is 0.121 e. The zero-order chi connectivity index (χ0) is 20.2. The average molecular weight is 389 g/mol. The first-order valence-corrected chi connectivity index (χ1v) is 11.1. The third kappa shape index (κ3) is 3.81. The molecule has 0 amide bonds. The largest absolute Gasteiger partial charge is 0.364 e. The Bertz CT molecular complexity index is 959. The molecule has 0 saturated heterocycles. The van der Waals surface area contributed by atoms with E-state index < -0.39 is 0 Å². The maximum atomic E-state index is 4.68. The Hall–Kier alpha value is -2.62. The average Bonchev–Trinajstić information content (AvgIpc) is 3.14. The Morgan fingerprint density at radius 2 is 1.69 bits per heavy atom. The van der Waals surface area contributed by atoms with Crippen molar-refractivity contribution >= 4 is 5.69 Å². The number of aryl methyl sites for hydroxylation is 1. The van der Waals surface area contributed by atoms with Crippen LogP contribution in [-0.4, -0.2) is 21.0 Å². The van der Waals surface area contributed by atoms with Crippen molar-refractivity contribution in [3.63, 3.8) is 0 Å². The topological polar surface area (TPSA) is 34.0 Å². The van der Waals surface area contributed by atoms with Crippen LogP contribution in [0.15, 0.2) is 48.5 Å². The second kappa shape index (κ2) is 8.81. The van der Waals surface area contributed by atoms with Gasteiger partial charge in [-0.3, -0.25) is 0 Å². The van der Waals surface area contributed by atoms with Crippen molar-refractivity contribution in [1.29, 1.82) is 0 Å². The van der Waals surface area contributed by atoms with Gasteiger partial charge in [0.15, 0.2) is 0 Å². The minimum atomic E-state index is 0.472. The van der Waals surface area contributed by atoms with Gasteiger partial charge in [0.2, 0.25) is 0 Å². The lowest BCUT2D eigenvalue weighted by atomic mass is 9.94. The summed E-state index contributed by atoms with van der Waals surface area (Å²) < 4.78 is 2.13. The van der Waals surface area contributed by atoms with Gasteiger partial charge >= 0.3 is 0 Å². The van der Waals surface area contributed by atoms with Crippen LogP contribution in [0.2, 0.25) is 0 Å². The van der Waals surface area contributed by atoms with Crippen LogP contribution >= 0.6 is 0 Å². The molecule has 152 valence electrons. The number of aromatic nitrogens is 3. The fraction of sp³-hybridized carbons (Fsp3) is 0.440. The van der Waals surface area contributed by atoms with Crippen LogP contribution in [0.1, 0.15) is 58.4 Å². The van der Waals surface area contributed by atoms with Crippen LogP contribution in [0.4, 0.5) is 5.69 Å². The van der Waals surface area contributed by atoms with Crippen LogP contribution < -0.4 is 4.90 Å². The molecule has 0 N–H and O–H groups in total. The van der Waals surface area contributed by atoms with Gasteiger partial charge < -0.3 is 4.90 Å². The summed E-state index contributed by atoms with van der Waals surface area (Å²) in [6.07, 6.45) is 5.91. The standard InChI is InChI=1S/C25H32N4/c1-4-6-11-17-29-25-22-15-9-10-16-23(22)28(19(3)12-5-2)18-20-13-7-8-14-21(20)24(25)26-27-29/h7-10,13-16,19H,4-6,11-12,17-18H2,1-3H3. The Morgan fingerprint density at radius 3 is 2.48 bits per heavy atom. The molecule has 0 fully saturated rings. The van der Waals surface area contributed by atoms with Gasteiger partial charge in [0.25, 0.3) is 0 Å². The van der Waals surface area contributed by atoms with E-state index in [0.29, 0.717) is 6.04 Å². The predicted molar refractivity (Wildman–Crippen MR) is 121 cm³/mol. The lowest BCUT2D eigenvalue weighted by molar-refractivity contribution is 0.541. The number of rotatable bonds is 7. The van der Waals surface area contributed by atoms with E-state index in [9.17, 15) is 0 Å². The summed E-state index contributed by atoms with van der Waals surface area (Å²) in [7, 11) is 0. The molecular weight excluding hydrogens is 356 g/mol. The number of fused-ring (bicyclic) bond motifs is 5. The van der Waals surface area contributed by atoms with Crippen LogP contribution in [0.5, 0.6) is 0 Å². The number of hydrogen-bond acceptors (Lipinski definition) is 3. The highest BCUT2D eigenvalue weighted by molar-refractivity contribution is 5.88. The number of anilines is 1. The number of benzene rings is 2. The molecule has 1 unspecified atom stereocenters. The second-order valence-electron chi connectivity index (χ2n) is 8.16. The van der Waals surface area contributed by atoms with E-state index in [0.717, 1.165) is 30.9 Å². The Balaban J connectivity index is 1.91. The quantitative estimate of drug-likeness (QED) is 0.445. The molecule has 4 rings (SSSR count). The highest BCUT2D eigenvalue weighted by Crippen LogP contribution is 2.42. The van der Waals surface area contributed by atoms with Crippen LogP contribution in [0.3, 0.4) is 0 Å². The molecule has 29 heavy (non-hydrogen) atoms. The molecule has 4 heteroatoms. The zero-order valence-corrected chi connectivity index (χ0v) is 17.9. The van der Waals surface area contributed by atoms with E-state index in [1.165, 1.54) is 48.1 Å². The van der Waals surface area contributed by atoms with Crippen LogP contribution in [0, 0.1) is 0 Å². The van der Waals surface area contributed by atoms with E-state index in [-0.39, 0.29) is 0 Å². The Kier molecular flexibility index (Phi) is 5.98. The fourth-order valence-electron chi connectivity index (χ4n) is 4.48. The van der Waals surface area contributed by atoms with E-state index in [1.807, 2.05) is 0 Å². The first-order valence-electron chi connectivity index (χ1n) is 11.1. The second-order valence-corrected chi connectivity index (χ2v) is 8.16. The molecule has 4 nitrogen and oxygen atoms in total. The normalized spacial score (nSPS) is 13.8. The van der Waals surface area contributed by atoms with Crippen LogP contribution in [0.25, 0.3) is 22.5 Å². The molecule has 2 aromatic carbocycles. The van der Waals surface area contributed by atoms with Crippen molar-refractivity contribution in [2.75, 3.05) is 4.90 Å². The monoisotopic (exact) mass is 388 g/mol. The Morgan fingerprint density at radius 1 is 0.931 bits per heavy atom. The summed E-state index contributed by atoms with van der Waals surface area (Å²) in [6.45, 7) is 8.67. The van der Waals surface area contributed by atoms with Crippen molar-refractivity contribution in [3.8, 4) is 22.5 Å². The third-order valence-corrected chi connectivity index (χ3v) is 6.03. The molecular formula is C25H32N4. The number of unbranched alkanes of at least 4 members (excludes halogenated alkanes) is 2. The van der Waals surface area contributed by atoms with Crippen LogP contribution in [-0.2, 0) is 13.1 Å². The summed E-state index contributed by atoms with van der Waals surface area (Å²) in [5.41, 5.74) is 7.27. The summed E-state index contributed by atoms with van der Waals surface area (Å²) in [4.78, 5) is 2.57. The minimum absolute atomic E-state index is 0.472. The molecule has 1 aliphatic rings. The number of nitrogens with zero attached hydrogens (tertiary/aromatic N) is 4. The van der Waals surface area contributed by atoms with Crippen molar-refractivity contribution < 1.29 is 0 Å². The minimum Gasteiger partial charge on any atom is -0.364 e. The van der Waals surface area contributed by atoms with Crippen molar-refractivity contribution in [3.05, 3.63) is 54.1 Å². The molecule has 3 aromatic rings. The highest BCUT2D eigenvalue weighted by atomic mass is 15.4. The fourth-order valence-corrected chi connectivity index (χ4v) is 4.48. The van der Waals surface area contributed by atoms with Crippen molar-refractivity contribution in [2.45, 2.75) is 72.0 Å². The molecule has 2 heterocycles. The molecule has 0 aliphatic carbocycles. The maximum absolute atomic E-state index is 4.68. The van der Waals surface area contributed by atoms with Gasteiger partial charge in [0.1, 0.15) is 5.69 Å². The SMILES string of the molecule is CCCCCn1nnc2c1-c1ccccc1N(C(C)CCC)Cc1ccccc1-2. The lowest BCUT2D eigenvalue weighted by Gasteiger charge is -2.35. The predicted octanol–water partition coefficient (Wildman–Crippen LogP) is 6.31. The van der Waals surface area contributed by atoms with Crippen molar-refractivity contribution in [2.24, 2.45) is 0 Å². The Labute approximate surface area is 174 Å². The summed E-state index contributed by atoms with van der Waals surface area (Å²) in [6, 6.07) is 18.0. The van der Waals surface area contributed by atoms with Gasteiger partial charge in [-0.1, -0.05) is 80.8 Å². The number of para-hydroxylation sites is 1. The summed E-state index contributed by atoms with van der Waals surface area (Å²) in [5.74, 6) is 0. The zero-order valence-electron chi connectivity index (χ0n) is 17.9. The van der Waals surface area contributed by atoms with E-state index in [4.69, 9.17) is 0 Å². The van der Waals surface area contributed by atoms with Gasteiger partial charge in [0.05, 0.1) is 5.69 Å². The maximum Gasteiger partial charge on any atom is 0.121 e. The molecule has 1 aliphatic heterocycles. The summed E-state index contributed by atoms with van der Waals surface area (Å²) in [5, 5.41) is 9.28. The van der Waals surface area contributed by atoms with E-state index in [2.05, 4.69) is 89.2 Å². The van der Waals surface area contributed by atoms with Gasteiger partial charge in [-0.05, 0) is 31.4 Å². The van der Waals surface area contributed by atoms with Gasteiger partial charge in [-0.25, -0.2) is 4.68 Å². The lowest BCUT2D eigenvalue weighted by Crippen LogP contribution is -2.33. The summed E-state index contributed by atoms with van der Waals surface area (Å²) >= 11 is 0. The number of hydrogen-bond donors (Lipinski definition) is 0. The van der Waals surface area contributed by atoms with Gasteiger partial charge in [-0.2, -0.15) is 0 Å². The molecule has 1 atom stereocenters. The molecule has 0 radical (unpaired) electrons. The molecule has 0 saturated carbocycles. The first kappa shape index (κ1) is 19.7. The van der Waals surface area contributed by atoms with Gasteiger partial charge in [-0.15, -0.1) is 5.10 Å². The van der Waals surface area contributed by atoms with E-state index >= 15 is 0 Å². The van der Waals surface area contributed by atoms with E-state index in [1.54, 1.807) is 0 Å². The molecule has 1 aromatic heterocycles.